The van der Waals surface area contributed by atoms with Crippen LogP contribution in [0.15, 0.2) is 133 Å². The minimum atomic E-state index is 0.753. The highest BCUT2D eigenvalue weighted by molar-refractivity contribution is 5.83. The topological polar surface area (TPSA) is 36.9 Å². The Balaban J connectivity index is 1.33. The lowest BCUT2D eigenvalue weighted by Gasteiger charge is -2.12. The Morgan fingerprint density at radius 2 is 0.481 bits per heavy atom. The first kappa shape index (κ1) is 37.0. The fourth-order valence-electron chi connectivity index (χ4n) is 6.03. The molecule has 0 aliphatic heterocycles. The Morgan fingerprint density at radius 1 is 0.259 bits per heavy atom. The molecule has 0 heterocycles. The van der Waals surface area contributed by atoms with Gasteiger partial charge in [0.2, 0.25) is 0 Å². The molecule has 0 radical (unpaired) electrons. The van der Waals surface area contributed by atoms with Gasteiger partial charge in [0.05, 0.1) is 28.4 Å². The van der Waals surface area contributed by atoms with Gasteiger partial charge < -0.3 is 18.9 Å². The van der Waals surface area contributed by atoms with Gasteiger partial charge in [-0.25, -0.2) is 0 Å². The second-order valence-corrected chi connectivity index (χ2v) is 12.5. The van der Waals surface area contributed by atoms with Crippen molar-refractivity contribution in [3.63, 3.8) is 0 Å². The minimum Gasteiger partial charge on any atom is -0.496 e. The molecule has 6 aromatic carbocycles. The first-order chi connectivity index (χ1) is 26.5. The van der Waals surface area contributed by atoms with Crippen molar-refractivity contribution in [1.82, 2.24) is 0 Å². The second kappa shape index (κ2) is 18.6. The molecule has 0 N–H and O–H groups in total. The van der Waals surface area contributed by atoms with Crippen molar-refractivity contribution in [1.29, 1.82) is 0 Å². The predicted octanol–water partition coefficient (Wildman–Crippen LogP) is 12.6. The summed E-state index contributed by atoms with van der Waals surface area (Å²) in [6.07, 6.45) is 20.8. The molecule has 4 heteroatoms. The molecular formula is C50H44O4. The van der Waals surface area contributed by atoms with Crippen molar-refractivity contribution in [3.05, 3.63) is 189 Å². The summed E-state index contributed by atoms with van der Waals surface area (Å²) in [7, 11) is 6.76. The van der Waals surface area contributed by atoms with Gasteiger partial charge in [0.15, 0.2) is 0 Å². The lowest BCUT2D eigenvalue weighted by Crippen LogP contribution is -1.93. The lowest BCUT2D eigenvalue weighted by atomic mass is 10.0. The zero-order valence-corrected chi connectivity index (χ0v) is 31.1. The van der Waals surface area contributed by atoms with Crippen LogP contribution >= 0.6 is 0 Å². The van der Waals surface area contributed by atoms with Crippen LogP contribution in [0.2, 0.25) is 0 Å². The van der Waals surface area contributed by atoms with Gasteiger partial charge in [-0.1, -0.05) is 152 Å². The SMILES string of the molecule is COc1cc(/C=C/c2cc(/C=C/c3ccccc3)cc(/C=C/c3cc(OC)c(/C=C/c4ccccc4)cc3OC)c2)c(OC)cc1/C=C/c1ccccc1. The minimum absolute atomic E-state index is 0.753. The predicted molar refractivity (Wildman–Crippen MR) is 229 cm³/mol. The summed E-state index contributed by atoms with van der Waals surface area (Å²) in [5.74, 6) is 3.03. The van der Waals surface area contributed by atoms with Crippen LogP contribution in [0.3, 0.4) is 0 Å². The highest BCUT2D eigenvalue weighted by Crippen LogP contribution is 2.34. The largest absolute Gasteiger partial charge is 0.496 e. The number of hydrogen-bond donors (Lipinski definition) is 0. The van der Waals surface area contributed by atoms with Crippen molar-refractivity contribution in [2.75, 3.05) is 28.4 Å². The first-order valence-corrected chi connectivity index (χ1v) is 17.8. The van der Waals surface area contributed by atoms with Crippen molar-refractivity contribution in [2.24, 2.45) is 0 Å². The fourth-order valence-corrected chi connectivity index (χ4v) is 6.03. The zero-order chi connectivity index (χ0) is 37.5. The maximum atomic E-state index is 5.85. The van der Waals surface area contributed by atoms with Gasteiger partial charge in [-0.15, -0.1) is 0 Å². The highest BCUT2D eigenvalue weighted by atomic mass is 16.5. The molecule has 0 amide bonds. The van der Waals surface area contributed by atoms with Crippen LogP contribution in [0, 0.1) is 0 Å². The van der Waals surface area contributed by atoms with Crippen LogP contribution < -0.4 is 18.9 Å². The maximum absolute atomic E-state index is 5.85. The second-order valence-electron chi connectivity index (χ2n) is 12.5. The molecule has 0 saturated carbocycles. The molecule has 0 aliphatic rings. The molecule has 0 bridgehead atoms. The molecule has 0 spiro atoms. The van der Waals surface area contributed by atoms with E-state index >= 15 is 0 Å². The molecule has 54 heavy (non-hydrogen) atoms. The quantitative estimate of drug-likeness (QED) is 0.106. The van der Waals surface area contributed by atoms with Crippen LogP contribution in [0.4, 0.5) is 0 Å². The van der Waals surface area contributed by atoms with E-state index in [1.165, 1.54) is 0 Å². The summed E-state index contributed by atoms with van der Waals surface area (Å²) in [4.78, 5) is 0. The van der Waals surface area contributed by atoms with Gasteiger partial charge in [0, 0.05) is 22.3 Å². The van der Waals surface area contributed by atoms with Gasteiger partial charge in [-0.3, -0.25) is 0 Å². The summed E-state index contributed by atoms with van der Waals surface area (Å²) in [5.41, 5.74) is 10.2. The molecule has 6 aromatic rings. The summed E-state index contributed by atoms with van der Waals surface area (Å²) < 4.78 is 23.3. The van der Waals surface area contributed by atoms with Crippen LogP contribution in [-0.2, 0) is 0 Å². The molecule has 0 aromatic heterocycles. The van der Waals surface area contributed by atoms with E-state index in [4.69, 9.17) is 18.9 Å². The highest BCUT2D eigenvalue weighted by Gasteiger charge is 2.10. The number of hydrogen-bond acceptors (Lipinski definition) is 4. The van der Waals surface area contributed by atoms with Crippen molar-refractivity contribution >= 4 is 60.8 Å². The van der Waals surface area contributed by atoms with Crippen molar-refractivity contribution in [2.45, 2.75) is 0 Å². The zero-order valence-electron chi connectivity index (χ0n) is 31.1. The van der Waals surface area contributed by atoms with Crippen LogP contribution in [0.5, 0.6) is 23.0 Å². The van der Waals surface area contributed by atoms with Gasteiger partial charge in [0.25, 0.3) is 0 Å². The van der Waals surface area contributed by atoms with Crippen LogP contribution in [0.25, 0.3) is 60.8 Å². The number of benzene rings is 6. The Hall–Kier alpha value is -6.78. The lowest BCUT2D eigenvalue weighted by molar-refractivity contribution is 0.401. The van der Waals surface area contributed by atoms with E-state index in [1.807, 2.05) is 91.0 Å². The molecule has 6 rings (SSSR count). The molecule has 4 nitrogen and oxygen atoms in total. The summed E-state index contributed by atoms with van der Waals surface area (Å²) in [5, 5.41) is 0. The number of methoxy groups -OCH3 is 4. The normalized spacial score (nSPS) is 11.7. The average molecular weight is 709 g/mol. The van der Waals surface area contributed by atoms with Crippen molar-refractivity contribution < 1.29 is 18.9 Å². The third-order valence-electron chi connectivity index (χ3n) is 8.85. The van der Waals surface area contributed by atoms with E-state index in [0.717, 1.165) is 78.6 Å². The summed E-state index contributed by atoms with van der Waals surface area (Å²) in [6.45, 7) is 0. The van der Waals surface area contributed by atoms with Gasteiger partial charge in [-0.05, 0) is 75.8 Å². The standard InChI is InChI=1S/C50H44O4/c1-51-47-35-45(49(53-3)33-43(47)26-22-38-16-10-6-11-17-38)28-24-41-30-40(21-20-37-14-8-5-9-15-37)31-42(32-41)25-29-46-36-48(52-2)44(34-50(46)54-4)27-23-39-18-12-7-13-19-39/h5-36H,1-4H3/b21-20+,26-22+,27-23+,28-24+,29-25+. The molecule has 0 saturated heterocycles. The fraction of sp³-hybridized carbons (Fsp3) is 0.0800. The van der Waals surface area contributed by atoms with E-state index in [9.17, 15) is 0 Å². The number of rotatable bonds is 14. The Bertz CT molecular complexity index is 2160. The van der Waals surface area contributed by atoms with Crippen molar-refractivity contribution in [3.8, 4) is 23.0 Å². The molecule has 0 aliphatic carbocycles. The van der Waals surface area contributed by atoms with Gasteiger partial charge >= 0.3 is 0 Å². The van der Waals surface area contributed by atoms with E-state index in [2.05, 4.69) is 103 Å². The Kier molecular flexibility index (Phi) is 12.8. The number of ether oxygens (including phenoxy) is 4. The third-order valence-corrected chi connectivity index (χ3v) is 8.85. The van der Waals surface area contributed by atoms with Crippen LogP contribution in [0.1, 0.15) is 55.6 Å². The van der Waals surface area contributed by atoms with E-state index in [0.29, 0.717) is 0 Å². The summed E-state index contributed by atoms with van der Waals surface area (Å²) >= 11 is 0. The molecule has 0 atom stereocenters. The van der Waals surface area contributed by atoms with Crippen LogP contribution in [-0.4, -0.2) is 28.4 Å². The first-order valence-electron chi connectivity index (χ1n) is 17.8. The average Bonchev–Trinajstić information content (AvgIpc) is 3.23. The molecule has 0 unspecified atom stereocenters. The Morgan fingerprint density at radius 3 is 0.741 bits per heavy atom. The summed E-state index contributed by atoms with van der Waals surface area (Å²) in [6, 6.07) is 45.2. The van der Waals surface area contributed by atoms with E-state index in [1.54, 1.807) is 28.4 Å². The smallest absolute Gasteiger partial charge is 0.126 e. The Labute approximate surface area is 319 Å². The van der Waals surface area contributed by atoms with E-state index in [-0.39, 0.29) is 0 Å². The van der Waals surface area contributed by atoms with Gasteiger partial charge in [-0.2, -0.15) is 0 Å². The molecule has 268 valence electrons. The maximum Gasteiger partial charge on any atom is 0.126 e. The molecular weight excluding hydrogens is 665 g/mol. The third kappa shape index (κ3) is 9.96. The molecule has 0 fully saturated rings. The van der Waals surface area contributed by atoms with E-state index < -0.39 is 0 Å². The van der Waals surface area contributed by atoms with Gasteiger partial charge in [0.1, 0.15) is 23.0 Å². The monoisotopic (exact) mass is 708 g/mol.